The van der Waals surface area contributed by atoms with Crippen molar-refractivity contribution < 1.29 is 4.42 Å². The van der Waals surface area contributed by atoms with E-state index < -0.39 is 0 Å². The molecule has 0 bridgehead atoms. The maximum Gasteiger partial charge on any atom is 0.208 e. The lowest BCUT2D eigenvalue weighted by Gasteiger charge is -2.05. The molecule has 102 valence electrons. The van der Waals surface area contributed by atoms with Crippen molar-refractivity contribution in [3.05, 3.63) is 41.4 Å². The second-order valence-corrected chi connectivity index (χ2v) is 5.46. The zero-order chi connectivity index (χ0) is 13.8. The van der Waals surface area contributed by atoms with Crippen molar-refractivity contribution in [2.45, 2.75) is 34.2 Å². The van der Waals surface area contributed by atoms with Crippen molar-refractivity contribution >= 4 is 0 Å². The third-order valence-electron chi connectivity index (χ3n) is 3.03. The van der Waals surface area contributed by atoms with E-state index in [1.54, 1.807) is 0 Å². The van der Waals surface area contributed by atoms with Gasteiger partial charge in [-0.15, -0.1) is 0 Å². The monoisotopic (exact) mass is 258 g/mol. The summed E-state index contributed by atoms with van der Waals surface area (Å²) in [6, 6.07) is 6.35. The molecule has 0 saturated heterocycles. The molecule has 0 spiro atoms. The van der Waals surface area contributed by atoms with E-state index in [-0.39, 0.29) is 0 Å². The highest BCUT2D eigenvalue weighted by Gasteiger charge is 2.08. The summed E-state index contributed by atoms with van der Waals surface area (Å²) in [5.74, 6) is 2.23. The zero-order valence-corrected chi connectivity index (χ0v) is 12.2. The topological polar surface area (TPSA) is 38.1 Å². The van der Waals surface area contributed by atoms with E-state index in [4.69, 9.17) is 4.42 Å². The Hall–Kier alpha value is -1.61. The number of aromatic nitrogens is 1. The number of hydrogen-bond donors (Lipinski definition) is 1. The lowest BCUT2D eigenvalue weighted by molar-refractivity contribution is 0.459. The van der Waals surface area contributed by atoms with Gasteiger partial charge in [-0.3, -0.25) is 0 Å². The standard InChI is InChI=1S/C16H22N2O/c1-11(2)8-17-10-16-18-9-15(19-16)14-6-5-12(3)7-13(14)4/h5-7,9,11,17H,8,10H2,1-4H3. The van der Waals surface area contributed by atoms with Crippen molar-refractivity contribution in [3.8, 4) is 11.3 Å². The van der Waals surface area contributed by atoms with Gasteiger partial charge in [-0.05, 0) is 31.9 Å². The van der Waals surface area contributed by atoms with Crippen LogP contribution in [0, 0.1) is 19.8 Å². The summed E-state index contributed by atoms with van der Waals surface area (Å²) in [5.41, 5.74) is 3.60. The van der Waals surface area contributed by atoms with E-state index in [9.17, 15) is 0 Å². The molecule has 0 fully saturated rings. The third-order valence-corrected chi connectivity index (χ3v) is 3.03. The minimum absolute atomic E-state index is 0.633. The normalized spacial score (nSPS) is 11.2. The van der Waals surface area contributed by atoms with Crippen LogP contribution in [0.3, 0.4) is 0 Å². The zero-order valence-electron chi connectivity index (χ0n) is 12.2. The summed E-state index contributed by atoms with van der Waals surface area (Å²) in [6.45, 7) is 10.2. The molecule has 1 N–H and O–H groups in total. The number of hydrogen-bond acceptors (Lipinski definition) is 3. The number of nitrogens with one attached hydrogen (secondary N) is 1. The van der Waals surface area contributed by atoms with E-state index >= 15 is 0 Å². The van der Waals surface area contributed by atoms with Gasteiger partial charge in [0.2, 0.25) is 5.89 Å². The van der Waals surface area contributed by atoms with Crippen molar-refractivity contribution in [1.82, 2.24) is 10.3 Å². The second kappa shape index (κ2) is 6.02. The molecular formula is C16H22N2O. The Morgan fingerprint density at radius 2 is 2.05 bits per heavy atom. The summed E-state index contributed by atoms with van der Waals surface area (Å²) in [6.07, 6.45) is 1.81. The Labute approximate surface area is 115 Å². The van der Waals surface area contributed by atoms with Gasteiger partial charge in [0.25, 0.3) is 0 Å². The fourth-order valence-corrected chi connectivity index (χ4v) is 2.07. The molecule has 0 atom stereocenters. The van der Waals surface area contributed by atoms with Crippen molar-refractivity contribution in [2.24, 2.45) is 5.92 Å². The van der Waals surface area contributed by atoms with E-state index in [1.165, 1.54) is 11.1 Å². The average molecular weight is 258 g/mol. The van der Waals surface area contributed by atoms with Gasteiger partial charge in [-0.1, -0.05) is 37.6 Å². The molecular weight excluding hydrogens is 236 g/mol. The van der Waals surface area contributed by atoms with E-state index in [1.807, 2.05) is 6.20 Å². The van der Waals surface area contributed by atoms with Crippen LogP contribution in [0.1, 0.15) is 30.9 Å². The van der Waals surface area contributed by atoms with Crippen LogP contribution in [0.5, 0.6) is 0 Å². The van der Waals surface area contributed by atoms with E-state index in [0.717, 1.165) is 23.8 Å². The van der Waals surface area contributed by atoms with Crippen LogP contribution in [0.15, 0.2) is 28.8 Å². The molecule has 1 aromatic carbocycles. The maximum absolute atomic E-state index is 5.80. The molecule has 0 radical (unpaired) electrons. The van der Waals surface area contributed by atoms with Crippen molar-refractivity contribution in [1.29, 1.82) is 0 Å². The lowest BCUT2D eigenvalue weighted by Crippen LogP contribution is -2.18. The molecule has 1 heterocycles. The highest BCUT2D eigenvalue weighted by molar-refractivity contribution is 5.61. The number of aryl methyl sites for hydroxylation is 2. The highest BCUT2D eigenvalue weighted by atomic mass is 16.4. The van der Waals surface area contributed by atoms with Gasteiger partial charge >= 0.3 is 0 Å². The first-order valence-electron chi connectivity index (χ1n) is 6.79. The van der Waals surface area contributed by atoms with Gasteiger partial charge in [0.05, 0.1) is 12.7 Å². The molecule has 3 heteroatoms. The molecule has 0 unspecified atom stereocenters. The van der Waals surface area contributed by atoms with Crippen LogP contribution >= 0.6 is 0 Å². The van der Waals surface area contributed by atoms with Crippen LogP contribution in [0.25, 0.3) is 11.3 Å². The van der Waals surface area contributed by atoms with Crippen LogP contribution in [-0.4, -0.2) is 11.5 Å². The summed E-state index contributed by atoms with van der Waals surface area (Å²) >= 11 is 0. The van der Waals surface area contributed by atoms with Crippen molar-refractivity contribution in [2.75, 3.05) is 6.54 Å². The van der Waals surface area contributed by atoms with E-state index in [2.05, 4.69) is 56.2 Å². The van der Waals surface area contributed by atoms with Crippen LogP contribution < -0.4 is 5.32 Å². The minimum atomic E-state index is 0.633. The minimum Gasteiger partial charge on any atom is -0.439 e. The Balaban J connectivity index is 2.08. The Kier molecular flexibility index (Phi) is 4.38. The van der Waals surface area contributed by atoms with Crippen LogP contribution in [-0.2, 0) is 6.54 Å². The first-order chi connectivity index (χ1) is 9.06. The Bertz CT molecular complexity index is 543. The van der Waals surface area contributed by atoms with Crippen LogP contribution in [0.4, 0.5) is 0 Å². The number of rotatable bonds is 5. The van der Waals surface area contributed by atoms with Gasteiger partial charge in [0.15, 0.2) is 5.76 Å². The van der Waals surface area contributed by atoms with Crippen LogP contribution in [0.2, 0.25) is 0 Å². The molecule has 3 nitrogen and oxygen atoms in total. The predicted octanol–water partition coefficient (Wildman–Crippen LogP) is 3.70. The molecule has 0 aliphatic rings. The van der Waals surface area contributed by atoms with E-state index in [0.29, 0.717) is 12.5 Å². The second-order valence-electron chi connectivity index (χ2n) is 5.46. The van der Waals surface area contributed by atoms with Gasteiger partial charge in [-0.25, -0.2) is 4.98 Å². The number of nitrogens with zero attached hydrogens (tertiary/aromatic N) is 1. The van der Waals surface area contributed by atoms with Gasteiger partial charge in [0.1, 0.15) is 0 Å². The fourth-order valence-electron chi connectivity index (χ4n) is 2.07. The molecule has 0 aliphatic carbocycles. The molecule has 1 aromatic heterocycles. The average Bonchev–Trinajstić information content (AvgIpc) is 2.77. The first kappa shape index (κ1) is 13.8. The summed E-state index contributed by atoms with van der Waals surface area (Å²) in [4.78, 5) is 4.32. The number of benzene rings is 1. The van der Waals surface area contributed by atoms with Gasteiger partial charge in [-0.2, -0.15) is 0 Å². The molecule has 2 rings (SSSR count). The lowest BCUT2D eigenvalue weighted by atomic mass is 10.0. The largest absolute Gasteiger partial charge is 0.439 e. The Morgan fingerprint density at radius 1 is 1.26 bits per heavy atom. The van der Waals surface area contributed by atoms with Gasteiger partial charge < -0.3 is 9.73 Å². The summed E-state index contributed by atoms with van der Waals surface area (Å²) < 4.78 is 5.80. The maximum atomic E-state index is 5.80. The Morgan fingerprint density at radius 3 is 2.74 bits per heavy atom. The quantitative estimate of drug-likeness (QED) is 0.888. The number of oxazole rings is 1. The summed E-state index contributed by atoms with van der Waals surface area (Å²) in [7, 11) is 0. The smallest absolute Gasteiger partial charge is 0.208 e. The summed E-state index contributed by atoms with van der Waals surface area (Å²) in [5, 5.41) is 3.33. The molecule has 19 heavy (non-hydrogen) atoms. The fraction of sp³-hybridized carbons (Fsp3) is 0.438. The predicted molar refractivity (Wildman–Crippen MR) is 78.0 cm³/mol. The highest BCUT2D eigenvalue weighted by Crippen LogP contribution is 2.24. The molecule has 0 saturated carbocycles. The van der Waals surface area contributed by atoms with Crippen molar-refractivity contribution in [3.63, 3.8) is 0 Å². The van der Waals surface area contributed by atoms with Gasteiger partial charge in [0, 0.05) is 5.56 Å². The molecule has 2 aromatic rings. The molecule has 0 amide bonds. The SMILES string of the molecule is Cc1ccc(-c2cnc(CNCC(C)C)o2)c(C)c1. The third kappa shape index (κ3) is 3.67. The first-order valence-corrected chi connectivity index (χ1v) is 6.79. The molecule has 0 aliphatic heterocycles.